The zero-order valence-corrected chi connectivity index (χ0v) is 15.7. The van der Waals surface area contributed by atoms with Crippen molar-refractivity contribution in [1.29, 1.82) is 0 Å². The molecule has 24 heavy (non-hydrogen) atoms. The molecule has 4 amide bonds. The summed E-state index contributed by atoms with van der Waals surface area (Å²) in [5.74, 6) is -0.693. The number of hydrogen-bond donors (Lipinski definition) is 2. The molecule has 2 aliphatic rings. The third-order valence-corrected chi connectivity index (χ3v) is 5.98. The highest BCUT2D eigenvalue weighted by atomic mass is 32.2. The van der Waals surface area contributed by atoms with Gasteiger partial charge in [-0.2, -0.15) is 5.01 Å². The molecule has 0 unspecified atom stereocenters. The number of imide groups is 1. The van der Waals surface area contributed by atoms with Crippen LogP contribution in [0, 0.1) is 0 Å². The number of nitrogens with zero attached hydrogens (tertiary/aromatic N) is 2. The number of carbonyl (C=O) groups is 3. The quantitative estimate of drug-likeness (QED) is 0.564. The molecule has 0 aromatic heterocycles. The van der Waals surface area contributed by atoms with E-state index in [1.165, 1.54) is 11.8 Å². The van der Waals surface area contributed by atoms with Crippen molar-refractivity contribution in [2.75, 3.05) is 18.8 Å². The Kier molecular flexibility index (Phi) is 6.45. The molecule has 2 rings (SSSR count). The van der Waals surface area contributed by atoms with Gasteiger partial charge in [0, 0.05) is 13.1 Å². The van der Waals surface area contributed by atoms with Crippen LogP contribution in [0.25, 0.3) is 0 Å². The van der Waals surface area contributed by atoms with Gasteiger partial charge in [-0.15, -0.1) is 0 Å². The van der Waals surface area contributed by atoms with E-state index in [0.29, 0.717) is 17.2 Å². The van der Waals surface area contributed by atoms with Gasteiger partial charge in [-0.25, -0.2) is 4.79 Å². The van der Waals surface area contributed by atoms with Crippen molar-refractivity contribution in [2.24, 2.45) is 0 Å². The minimum absolute atomic E-state index is 0.0688. The number of nitrogens with one attached hydrogen (secondary N) is 2. The average Bonchev–Trinajstić information content (AvgIpc) is 2.79. The van der Waals surface area contributed by atoms with Gasteiger partial charge in [-0.05, 0) is 26.7 Å². The summed E-state index contributed by atoms with van der Waals surface area (Å²) >= 11 is 6.50. The van der Waals surface area contributed by atoms with Crippen LogP contribution in [-0.2, 0) is 9.59 Å². The van der Waals surface area contributed by atoms with E-state index >= 15 is 0 Å². The highest BCUT2D eigenvalue weighted by molar-refractivity contribution is 8.23. The number of carbonyl (C=O) groups excluding carboxylic acids is 3. The topological polar surface area (TPSA) is 81.8 Å². The van der Waals surface area contributed by atoms with Crippen LogP contribution in [0.3, 0.4) is 0 Å². The van der Waals surface area contributed by atoms with Gasteiger partial charge in [0.2, 0.25) is 5.91 Å². The third-order valence-electron chi connectivity index (χ3n) is 4.45. The lowest BCUT2D eigenvalue weighted by molar-refractivity contribution is -0.139. The highest BCUT2D eigenvalue weighted by Gasteiger charge is 2.52. The molecular formula is C15H24N4O3S2. The van der Waals surface area contributed by atoms with Gasteiger partial charge < -0.3 is 10.2 Å². The molecular weight excluding hydrogens is 348 g/mol. The zero-order chi connectivity index (χ0) is 17.7. The monoisotopic (exact) mass is 372 g/mol. The van der Waals surface area contributed by atoms with Crippen LogP contribution in [0.5, 0.6) is 0 Å². The predicted molar refractivity (Wildman–Crippen MR) is 97.3 cm³/mol. The first-order chi connectivity index (χ1) is 11.4. The summed E-state index contributed by atoms with van der Waals surface area (Å²) < 4.78 is 0.635. The van der Waals surface area contributed by atoms with Crippen LogP contribution in [0.15, 0.2) is 0 Å². The fourth-order valence-electron chi connectivity index (χ4n) is 3.07. The van der Waals surface area contributed by atoms with E-state index in [1.54, 1.807) is 0 Å². The molecule has 2 N–H and O–H groups in total. The van der Waals surface area contributed by atoms with Crippen LogP contribution in [0.4, 0.5) is 4.79 Å². The van der Waals surface area contributed by atoms with Gasteiger partial charge in [0.25, 0.3) is 5.91 Å². The Hall–Kier alpha value is -1.35. The highest BCUT2D eigenvalue weighted by Crippen LogP contribution is 2.32. The molecule has 0 aromatic carbocycles. The van der Waals surface area contributed by atoms with Crippen molar-refractivity contribution in [3.05, 3.63) is 0 Å². The summed E-state index contributed by atoms with van der Waals surface area (Å²) in [6.45, 7) is 5.54. The molecule has 0 bridgehead atoms. The molecule has 1 aliphatic carbocycles. The third kappa shape index (κ3) is 4.00. The molecule has 134 valence electrons. The number of hydrogen-bond acceptors (Lipinski definition) is 5. The van der Waals surface area contributed by atoms with E-state index in [4.69, 9.17) is 12.2 Å². The number of hydrazine groups is 1. The van der Waals surface area contributed by atoms with Gasteiger partial charge in [0.05, 0.1) is 5.75 Å². The lowest BCUT2D eigenvalue weighted by atomic mass is 9.82. The van der Waals surface area contributed by atoms with E-state index in [9.17, 15) is 14.4 Å². The molecule has 0 radical (unpaired) electrons. The molecule has 1 saturated carbocycles. The predicted octanol–water partition coefficient (Wildman–Crippen LogP) is 1.63. The number of thioether (sulfide) groups is 1. The maximum absolute atomic E-state index is 12.6. The second-order valence-electron chi connectivity index (χ2n) is 5.98. The van der Waals surface area contributed by atoms with Gasteiger partial charge in [0.1, 0.15) is 9.86 Å². The van der Waals surface area contributed by atoms with Crippen molar-refractivity contribution in [3.63, 3.8) is 0 Å². The largest absolute Gasteiger partial charge is 0.358 e. The molecule has 1 spiro atoms. The maximum Gasteiger partial charge on any atom is 0.344 e. The molecule has 1 heterocycles. The Labute approximate surface area is 151 Å². The second-order valence-corrected chi connectivity index (χ2v) is 7.58. The fourth-order valence-corrected chi connectivity index (χ4v) is 4.27. The minimum Gasteiger partial charge on any atom is -0.358 e. The van der Waals surface area contributed by atoms with Crippen molar-refractivity contribution in [2.45, 2.75) is 51.5 Å². The van der Waals surface area contributed by atoms with E-state index < -0.39 is 17.5 Å². The average molecular weight is 373 g/mol. The molecule has 2 fully saturated rings. The Balaban J connectivity index is 1.88. The number of thiocarbonyl (C=S) groups is 1. The molecule has 1 saturated heterocycles. The summed E-state index contributed by atoms with van der Waals surface area (Å²) in [6.07, 6.45) is 4.13. The zero-order valence-electron chi connectivity index (χ0n) is 14.1. The smallest absolute Gasteiger partial charge is 0.344 e. The molecule has 9 heteroatoms. The van der Waals surface area contributed by atoms with Crippen molar-refractivity contribution in [3.8, 4) is 0 Å². The van der Waals surface area contributed by atoms with Crippen LogP contribution >= 0.6 is 24.0 Å². The van der Waals surface area contributed by atoms with Gasteiger partial charge >= 0.3 is 6.03 Å². The lowest BCUT2D eigenvalue weighted by Crippen LogP contribution is -2.51. The van der Waals surface area contributed by atoms with Crippen LogP contribution in [0.1, 0.15) is 46.0 Å². The maximum atomic E-state index is 12.6. The van der Waals surface area contributed by atoms with Crippen LogP contribution in [0.2, 0.25) is 0 Å². The van der Waals surface area contributed by atoms with Crippen molar-refractivity contribution >= 4 is 46.1 Å². The van der Waals surface area contributed by atoms with Crippen LogP contribution < -0.4 is 10.7 Å². The Bertz CT molecular complexity index is 531. The SMILES string of the molecule is CCN(CC)C(=S)SCC(=O)NN1C(=O)NC2(CCCCC2)C1=O. The summed E-state index contributed by atoms with van der Waals surface area (Å²) in [7, 11) is 0. The van der Waals surface area contributed by atoms with Crippen LogP contribution in [-0.4, -0.2) is 56.5 Å². The summed E-state index contributed by atoms with van der Waals surface area (Å²) in [6, 6.07) is -0.549. The fraction of sp³-hybridized carbons (Fsp3) is 0.733. The van der Waals surface area contributed by atoms with E-state index in [-0.39, 0.29) is 11.7 Å². The normalized spacial score (nSPS) is 19.3. The van der Waals surface area contributed by atoms with Gasteiger partial charge in [-0.1, -0.05) is 43.2 Å². The number of amides is 4. The Morgan fingerprint density at radius 3 is 2.50 bits per heavy atom. The Morgan fingerprint density at radius 1 is 1.29 bits per heavy atom. The standard InChI is InChI=1S/C15H24N4O3S2/c1-3-18(4-2)14(23)24-10-11(20)17-19-12(21)15(16-13(19)22)8-6-5-7-9-15/h3-10H2,1-2H3,(H,16,22)(H,17,20). The Morgan fingerprint density at radius 2 is 1.92 bits per heavy atom. The van der Waals surface area contributed by atoms with Crippen molar-refractivity contribution < 1.29 is 14.4 Å². The molecule has 0 aromatic rings. The van der Waals surface area contributed by atoms with Crippen molar-refractivity contribution in [1.82, 2.24) is 20.7 Å². The van der Waals surface area contributed by atoms with E-state index in [1.807, 2.05) is 18.7 Å². The first-order valence-electron chi connectivity index (χ1n) is 8.31. The first-order valence-corrected chi connectivity index (χ1v) is 9.70. The summed E-state index contributed by atoms with van der Waals surface area (Å²) in [5, 5.41) is 3.59. The number of urea groups is 1. The lowest BCUT2D eigenvalue weighted by Gasteiger charge is -2.30. The number of rotatable bonds is 5. The molecule has 0 atom stereocenters. The second kappa shape index (κ2) is 8.15. The summed E-state index contributed by atoms with van der Waals surface area (Å²) in [5.41, 5.74) is 1.59. The van der Waals surface area contributed by atoms with E-state index in [2.05, 4.69) is 10.7 Å². The first kappa shape index (κ1) is 19.0. The van der Waals surface area contributed by atoms with E-state index in [0.717, 1.165) is 37.4 Å². The van der Waals surface area contributed by atoms with Gasteiger partial charge in [-0.3, -0.25) is 15.0 Å². The molecule has 1 aliphatic heterocycles. The molecule has 7 nitrogen and oxygen atoms in total. The minimum atomic E-state index is -0.827. The summed E-state index contributed by atoms with van der Waals surface area (Å²) in [4.78, 5) is 38.7. The van der Waals surface area contributed by atoms with Gasteiger partial charge in [0.15, 0.2) is 0 Å².